The van der Waals surface area contributed by atoms with Gasteiger partial charge in [-0.3, -0.25) is 9.47 Å². The molecule has 0 amide bonds. The van der Waals surface area contributed by atoms with Crippen LogP contribution >= 0.6 is 0 Å². The van der Waals surface area contributed by atoms with Crippen molar-refractivity contribution in [1.29, 1.82) is 0 Å². The summed E-state index contributed by atoms with van der Waals surface area (Å²) in [6.07, 6.45) is 2.34. The molecule has 2 aromatic heterocycles. The molecular weight excluding hydrogens is 492 g/mol. The van der Waals surface area contributed by atoms with E-state index in [-0.39, 0.29) is 46.6 Å². The molecule has 2 aliphatic heterocycles. The molecule has 4 atom stereocenters. The van der Waals surface area contributed by atoms with E-state index in [1.807, 2.05) is 4.57 Å². The number of hydrogen-bond acceptors (Lipinski definition) is 9. The van der Waals surface area contributed by atoms with Gasteiger partial charge in [0.2, 0.25) is 0 Å². The number of nitrogens with two attached hydrogens (primary N) is 1. The van der Waals surface area contributed by atoms with Crippen LogP contribution in [0.2, 0.25) is 22.2 Å². The van der Waals surface area contributed by atoms with Gasteiger partial charge in [0.15, 0.2) is 17.7 Å². The van der Waals surface area contributed by atoms with Crippen LogP contribution < -0.4 is 5.73 Å². The van der Waals surface area contributed by atoms with Gasteiger partial charge in [-0.2, -0.15) is 0 Å². The van der Waals surface area contributed by atoms with E-state index in [4.69, 9.17) is 23.4 Å². The van der Waals surface area contributed by atoms with E-state index in [0.717, 1.165) is 0 Å². The maximum atomic E-state index is 7.36. The molecule has 0 aromatic carbocycles. The van der Waals surface area contributed by atoms with Gasteiger partial charge in [0.25, 0.3) is 0 Å². The van der Waals surface area contributed by atoms with Crippen molar-refractivity contribution in [1.82, 2.24) is 24.4 Å². The van der Waals surface area contributed by atoms with Gasteiger partial charge in [0.05, 0.1) is 25.1 Å². The zero-order chi connectivity index (χ0) is 26.6. The first-order valence-corrected chi connectivity index (χ1v) is 17.1. The molecule has 202 valence electrons. The molecule has 12 heteroatoms. The lowest BCUT2D eigenvalue weighted by molar-refractivity contribution is -0.0552. The molecule has 2 aromatic rings. The van der Waals surface area contributed by atoms with Gasteiger partial charge in [-0.25, -0.2) is 15.0 Å². The number of ether oxygens (including phenoxy) is 1. The predicted octanol–water partition coefficient (Wildman–Crippen LogP) is 4.19. The van der Waals surface area contributed by atoms with Gasteiger partial charge in [-0.05, 0) is 36.3 Å². The van der Waals surface area contributed by atoms with E-state index in [2.05, 4.69) is 89.3 Å². The minimum atomic E-state index is -2.77. The summed E-state index contributed by atoms with van der Waals surface area (Å²) in [5.41, 5.74) is 8.34. The minimum absolute atomic E-state index is 0.104. The zero-order valence-electron chi connectivity index (χ0n) is 23.4. The summed E-state index contributed by atoms with van der Waals surface area (Å²) in [7, 11) is -1.29. The van der Waals surface area contributed by atoms with Crippen molar-refractivity contribution in [3.63, 3.8) is 0 Å². The van der Waals surface area contributed by atoms with Crippen molar-refractivity contribution in [3.05, 3.63) is 12.7 Å². The number of nitrogens with zero attached hydrogens (tertiary/aromatic N) is 5. The summed E-state index contributed by atoms with van der Waals surface area (Å²) in [6.45, 7) is 18.3. The standard InChI is InChI=1S/C24H44N6O4Si2/c1-14(2)35(15(3)4)31-11-18-21(33-36(34-35,16(5)6)17(7)8)20(29(9)10)24(32-18)30-13-28-19-22(25)26-12-27-23(19)30/h12-18,20-21,24H,11H2,1-10H3,(H2,25,26,27)/t18-,20-,21-,24?/m1/s1. The van der Waals surface area contributed by atoms with Crippen molar-refractivity contribution in [2.24, 2.45) is 0 Å². The summed E-state index contributed by atoms with van der Waals surface area (Å²) < 4.78 is 30.4. The number of aromatic nitrogens is 4. The van der Waals surface area contributed by atoms with E-state index in [0.29, 0.717) is 23.6 Å². The Balaban J connectivity index is 1.84. The third-order valence-electron chi connectivity index (χ3n) is 7.90. The molecule has 2 saturated heterocycles. The predicted molar refractivity (Wildman–Crippen MR) is 145 cm³/mol. The Hall–Kier alpha value is -1.42. The molecule has 0 saturated carbocycles. The fourth-order valence-corrected chi connectivity index (χ4v) is 17.2. The van der Waals surface area contributed by atoms with Crippen LogP contribution in [0, 0.1) is 0 Å². The lowest BCUT2D eigenvalue weighted by Crippen LogP contribution is -2.66. The first-order chi connectivity index (χ1) is 16.9. The summed E-state index contributed by atoms with van der Waals surface area (Å²) in [5, 5.41) is 0. The second kappa shape index (κ2) is 10.0. The molecule has 2 N–H and O–H groups in total. The van der Waals surface area contributed by atoms with Crippen LogP contribution in [0.5, 0.6) is 0 Å². The first kappa shape index (κ1) is 27.6. The number of likely N-dealkylation sites (N-methyl/N-ethyl adjacent to an activating group) is 1. The largest absolute Gasteiger partial charge is 0.414 e. The Morgan fingerprint density at radius 1 is 0.944 bits per heavy atom. The van der Waals surface area contributed by atoms with Gasteiger partial charge in [0.1, 0.15) is 17.9 Å². The molecule has 0 bridgehead atoms. The van der Waals surface area contributed by atoms with Crippen molar-refractivity contribution in [2.45, 2.75) is 102 Å². The van der Waals surface area contributed by atoms with E-state index in [1.54, 1.807) is 6.33 Å². The smallest absolute Gasteiger partial charge is 0.335 e. The van der Waals surface area contributed by atoms with Crippen LogP contribution in [0.3, 0.4) is 0 Å². The third kappa shape index (κ3) is 4.34. The molecule has 4 rings (SSSR count). The summed E-state index contributed by atoms with van der Waals surface area (Å²) >= 11 is 0. The highest BCUT2D eigenvalue weighted by atomic mass is 28.5. The number of hydrogen-bond donors (Lipinski definition) is 1. The number of anilines is 1. The van der Waals surface area contributed by atoms with Crippen molar-refractivity contribution in [3.8, 4) is 0 Å². The number of nitrogen functional groups attached to an aromatic ring is 1. The van der Waals surface area contributed by atoms with Crippen molar-refractivity contribution >= 4 is 34.1 Å². The average molecular weight is 537 g/mol. The Labute approximate surface area is 217 Å². The molecular formula is C24H44N6O4Si2. The highest BCUT2D eigenvalue weighted by Gasteiger charge is 2.62. The Morgan fingerprint density at radius 2 is 1.56 bits per heavy atom. The fraction of sp³-hybridized carbons (Fsp3) is 0.792. The maximum absolute atomic E-state index is 7.36. The Kier molecular flexibility index (Phi) is 7.70. The van der Waals surface area contributed by atoms with E-state index in [9.17, 15) is 0 Å². The van der Waals surface area contributed by atoms with Crippen LogP contribution in [-0.4, -0.2) is 80.5 Å². The highest BCUT2D eigenvalue weighted by Crippen LogP contribution is 2.49. The molecule has 36 heavy (non-hydrogen) atoms. The van der Waals surface area contributed by atoms with Crippen LogP contribution in [0.15, 0.2) is 12.7 Å². The van der Waals surface area contributed by atoms with E-state index in [1.165, 1.54) is 6.33 Å². The zero-order valence-corrected chi connectivity index (χ0v) is 25.4. The summed E-state index contributed by atoms with van der Waals surface area (Å²) in [6, 6.07) is -0.104. The maximum Gasteiger partial charge on any atom is 0.335 e. The lowest BCUT2D eigenvalue weighted by Gasteiger charge is -2.51. The van der Waals surface area contributed by atoms with Gasteiger partial charge in [0, 0.05) is 0 Å². The second-order valence-electron chi connectivity index (χ2n) is 11.7. The topological polar surface area (TPSA) is 110 Å². The third-order valence-corrected chi connectivity index (χ3v) is 18.1. The fourth-order valence-electron chi connectivity index (χ4n) is 5.97. The minimum Gasteiger partial charge on any atom is -0.414 e. The van der Waals surface area contributed by atoms with E-state index >= 15 is 0 Å². The van der Waals surface area contributed by atoms with Crippen molar-refractivity contribution in [2.75, 3.05) is 26.4 Å². The Bertz CT molecular complexity index is 1050. The van der Waals surface area contributed by atoms with Crippen LogP contribution in [0.25, 0.3) is 11.2 Å². The van der Waals surface area contributed by atoms with E-state index < -0.39 is 17.1 Å². The second-order valence-corrected chi connectivity index (χ2v) is 20.5. The molecule has 0 aliphatic carbocycles. The molecule has 1 unspecified atom stereocenters. The van der Waals surface area contributed by atoms with Crippen molar-refractivity contribution < 1.29 is 17.7 Å². The lowest BCUT2D eigenvalue weighted by atomic mass is 10.1. The average Bonchev–Trinajstić information content (AvgIpc) is 3.35. The van der Waals surface area contributed by atoms with Crippen LogP contribution in [0.1, 0.15) is 61.6 Å². The highest BCUT2D eigenvalue weighted by molar-refractivity contribution is 6.84. The summed E-state index contributed by atoms with van der Waals surface area (Å²) in [5.74, 6) is 0.354. The normalized spacial score (nSPS) is 28.4. The summed E-state index contributed by atoms with van der Waals surface area (Å²) in [4.78, 5) is 15.2. The van der Waals surface area contributed by atoms with Gasteiger partial charge >= 0.3 is 17.1 Å². The Morgan fingerprint density at radius 3 is 2.11 bits per heavy atom. The molecule has 0 spiro atoms. The number of imidazole rings is 1. The first-order valence-electron chi connectivity index (χ1n) is 13.1. The van der Waals surface area contributed by atoms with Gasteiger partial charge in [-0.15, -0.1) is 0 Å². The van der Waals surface area contributed by atoms with Crippen LogP contribution in [0.4, 0.5) is 5.82 Å². The SMILES string of the molecule is CC(C)[Si]1(C(C)C)OC[C@H]2OC(n3cnc4c(N)ncnc43)[C@H](N(C)C)[C@@H]2O[Si](C(C)C)(C(C)C)O1. The van der Waals surface area contributed by atoms with Gasteiger partial charge < -0.3 is 23.4 Å². The molecule has 2 aliphatic rings. The molecule has 4 heterocycles. The monoisotopic (exact) mass is 536 g/mol. The van der Waals surface area contributed by atoms with Gasteiger partial charge in [-0.1, -0.05) is 55.4 Å². The molecule has 10 nitrogen and oxygen atoms in total. The quantitative estimate of drug-likeness (QED) is 0.543. The number of fused-ring (bicyclic) bond motifs is 2. The molecule has 0 radical (unpaired) electrons. The number of rotatable bonds is 6. The van der Waals surface area contributed by atoms with Crippen LogP contribution in [-0.2, 0) is 17.7 Å². The molecule has 2 fully saturated rings.